The maximum Gasteiger partial charge on any atom is 0.407 e. The van der Waals surface area contributed by atoms with Gasteiger partial charge in [-0.3, -0.25) is 4.79 Å². The summed E-state index contributed by atoms with van der Waals surface area (Å²) >= 11 is 0. The van der Waals surface area contributed by atoms with Gasteiger partial charge in [0.2, 0.25) is 5.91 Å². The quantitative estimate of drug-likeness (QED) is 0.598. The lowest BCUT2D eigenvalue weighted by Gasteiger charge is -2.36. The fourth-order valence-corrected chi connectivity index (χ4v) is 3.38. The van der Waals surface area contributed by atoms with E-state index >= 15 is 0 Å². The third-order valence-electron chi connectivity index (χ3n) is 4.94. The Morgan fingerprint density at radius 1 is 1.00 bits per heavy atom. The molecule has 2 atom stereocenters. The van der Waals surface area contributed by atoms with Crippen molar-refractivity contribution in [1.82, 2.24) is 10.2 Å². The summed E-state index contributed by atoms with van der Waals surface area (Å²) in [6.45, 7) is 8.57. The van der Waals surface area contributed by atoms with Crippen molar-refractivity contribution >= 4 is 22.8 Å². The predicted molar refractivity (Wildman–Crippen MR) is 116 cm³/mol. The van der Waals surface area contributed by atoms with Crippen molar-refractivity contribution in [3.8, 4) is 0 Å². The van der Waals surface area contributed by atoms with Crippen LogP contribution in [0.1, 0.15) is 33.3 Å². The highest BCUT2D eigenvalue weighted by molar-refractivity contribution is 5.88. The molecule has 0 saturated carbocycles. The Kier molecular flexibility index (Phi) is 9.08. The molecule has 1 N–H and O–H groups in total. The number of benzene rings is 2. The Balaban J connectivity index is 2.38. The number of fused-ring (bicyclic) bond motifs is 1. The lowest BCUT2D eigenvalue weighted by Crippen LogP contribution is -2.53. The fourth-order valence-electron chi connectivity index (χ4n) is 3.38. The van der Waals surface area contributed by atoms with E-state index in [-0.39, 0.29) is 11.9 Å². The summed E-state index contributed by atoms with van der Waals surface area (Å²) in [6.07, 6.45) is -1.23. The minimum atomic E-state index is -0.765. The molecule has 7 heteroatoms. The number of carbonyl (C=O) groups is 2. The van der Waals surface area contributed by atoms with Crippen molar-refractivity contribution in [3.63, 3.8) is 0 Å². The smallest absolute Gasteiger partial charge is 0.407 e. The highest BCUT2D eigenvalue weighted by atomic mass is 16.7. The summed E-state index contributed by atoms with van der Waals surface area (Å²) in [7, 11) is 1.27. The van der Waals surface area contributed by atoms with Crippen molar-refractivity contribution in [1.29, 1.82) is 0 Å². The lowest BCUT2D eigenvalue weighted by atomic mass is 10.0. The summed E-state index contributed by atoms with van der Waals surface area (Å²) in [4.78, 5) is 26.7. The molecule has 2 aromatic rings. The van der Waals surface area contributed by atoms with Gasteiger partial charge in [0.1, 0.15) is 6.04 Å². The molecule has 2 rings (SSSR count). The van der Waals surface area contributed by atoms with E-state index < -0.39 is 18.4 Å². The van der Waals surface area contributed by atoms with Crippen LogP contribution in [0.3, 0.4) is 0 Å². The van der Waals surface area contributed by atoms with E-state index in [1.54, 1.807) is 11.8 Å². The molecule has 0 unspecified atom stereocenters. The maximum atomic E-state index is 13.3. The van der Waals surface area contributed by atoms with Gasteiger partial charge in [-0.1, -0.05) is 42.5 Å². The number of nitrogens with one attached hydrogen (secondary N) is 1. The van der Waals surface area contributed by atoms with Crippen LogP contribution in [0.15, 0.2) is 42.5 Å². The SMILES string of the molecule is CCOC(OCC)[C@H](C)N(Cc1cccc2ccccc12)C(=O)[C@H](C)NC(=O)OC. The second kappa shape index (κ2) is 11.5. The monoisotopic (exact) mass is 416 g/mol. The molecule has 0 saturated heterocycles. The Morgan fingerprint density at radius 2 is 1.63 bits per heavy atom. The Morgan fingerprint density at radius 3 is 2.27 bits per heavy atom. The van der Waals surface area contributed by atoms with Crippen LogP contribution in [0.25, 0.3) is 10.8 Å². The zero-order valence-corrected chi connectivity index (χ0v) is 18.4. The van der Waals surface area contributed by atoms with Crippen LogP contribution in [-0.2, 0) is 25.5 Å². The van der Waals surface area contributed by atoms with Gasteiger partial charge in [0.05, 0.1) is 13.2 Å². The number of methoxy groups -OCH3 is 1. The number of nitrogens with zero attached hydrogens (tertiary/aromatic N) is 1. The largest absolute Gasteiger partial charge is 0.453 e. The number of carbonyl (C=O) groups excluding carboxylic acids is 2. The first-order chi connectivity index (χ1) is 14.4. The first-order valence-electron chi connectivity index (χ1n) is 10.3. The number of hydrogen-bond acceptors (Lipinski definition) is 5. The molecule has 0 bridgehead atoms. The second-order valence-electron chi connectivity index (χ2n) is 6.98. The van der Waals surface area contributed by atoms with Gasteiger partial charge in [-0.2, -0.15) is 0 Å². The molecule has 2 aromatic carbocycles. The van der Waals surface area contributed by atoms with E-state index in [4.69, 9.17) is 9.47 Å². The van der Waals surface area contributed by atoms with Crippen LogP contribution in [0.2, 0.25) is 0 Å². The summed E-state index contributed by atoms with van der Waals surface area (Å²) in [5.41, 5.74) is 1.00. The molecule has 2 amide bonds. The fraction of sp³-hybridized carbons (Fsp3) is 0.478. The average molecular weight is 417 g/mol. The molecule has 0 aliphatic carbocycles. The average Bonchev–Trinajstić information content (AvgIpc) is 2.76. The van der Waals surface area contributed by atoms with Crippen LogP contribution < -0.4 is 5.32 Å². The van der Waals surface area contributed by atoms with Crippen LogP contribution in [-0.4, -0.2) is 55.6 Å². The Hall–Kier alpha value is -2.64. The second-order valence-corrected chi connectivity index (χ2v) is 6.98. The van der Waals surface area contributed by atoms with Crippen LogP contribution in [0.5, 0.6) is 0 Å². The predicted octanol–water partition coefficient (Wildman–Crippen LogP) is 3.70. The van der Waals surface area contributed by atoms with Crippen molar-refractivity contribution in [2.45, 2.75) is 52.6 Å². The highest BCUT2D eigenvalue weighted by Gasteiger charge is 2.32. The van der Waals surface area contributed by atoms with Crippen LogP contribution in [0.4, 0.5) is 4.79 Å². The molecule has 0 aliphatic heterocycles. The van der Waals surface area contributed by atoms with Gasteiger partial charge in [0.15, 0.2) is 6.29 Å². The van der Waals surface area contributed by atoms with Gasteiger partial charge in [0, 0.05) is 19.8 Å². The van der Waals surface area contributed by atoms with Gasteiger partial charge in [0.25, 0.3) is 0 Å². The van der Waals surface area contributed by atoms with E-state index in [2.05, 4.69) is 10.1 Å². The molecular weight excluding hydrogens is 384 g/mol. The van der Waals surface area contributed by atoms with Gasteiger partial charge >= 0.3 is 6.09 Å². The van der Waals surface area contributed by atoms with E-state index in [1.165, 1.54) is 7.11 Å². The molecule has 0 aliphatic rings. The number of hydrogen-bond donors (Lipinski definition) is 1. The number of amides is 2. The van der Waals surface area contributed by atoms with Crippen molar-refractivity contribution in [2.75, 3.05) is 20.3 Å². The first-order valence-corrected chi connectivity index (χ1v) is 10.3. The van der Waals surface area contributed by atoms with E-state index in [0.717, 1.165) is 16.3 Å². The van der Waals surface area contributed by atoms with Crippen molar-refractivity contribution in [3.05, 3.63) is 48.0 Å². The maximum absolute atomic E-state index is 13.3. The molecule has 0 radical (unpaired) electrons. The van der Waals surface area contributed by atoms with Crippen molar-refractivity contribution in [2.24, 2.45) is 0 Å². The Labute approximate surface area is 178 Å². The topological polar surface area (TPSA) is 77.1 Å². The molecule has 0 spiro atoms. The van der Waals surface area contributed by atoms with E-state index in [9.17, 15) is 9.59 Å². The molecule has 164 valence electrons. The van der Waals surface area contributed by atoms with Gasteiger partial charge < -0.3 is 24.4 Å². The summed E-state index contributed by atoms with van der Waals surface area (Å²) in [5.74, 6) is -0.245. The molecule has 30 heavy (non-hydrogen) atoms. The zero-order chi connectivity index (χ0) is 22.1. The number of rotatable bonds is 10. The minimum Gasteiger partial charge on any atom is -0.453 e. The molecule has 0 heterocycles. The standard InChI is InChI=1S/C23H32N2O5/c1-6-29-22(30-7-2)17(4)25(21(26)16(3)24-23(27)28-5)15-19-13-10-12-18-11-8-9-14-20(18)19/h8-14,16-17,22H,6-7,15H2,1-5H3,(H,24,27)/t16-,17-/m0/s1. The van der Waals surface area contributed by atoms with Gasteiger partial charge in [-0.25, -0.2) is 4.79 Å². The lowest BCUT2D eigenvalue weighted by molar-refractivity contribution is -0.179. The molecule has 0 fully saturated rings. The van der Waals surface area contributed by atoms with Gasteiger partial charge in [-0.15, -0.1) is 0 Å². The van der Waals surface area contributed by atoms with Crippen LogP contribution in [0, 0.1) is 0 Å². The molecular formula is C23H32N2O5. The zero-order valence-electron chi connectivity index (χ0n) is 18.4. The summed E-state index contributed by atoms with van der Waals surface area (Å²) < 4.78 is 16.2. The molecule has 0 aromatic heterocycles. The third-order valence-corrected chi connectivity index (χ3v) is 4.94. The van der Waals surface area contributed by atoms with E-state index in [0.29, 0.717) is 19.8 Å². The number of alkyl carbamates (subject to hydrolysis) is 1. The van der Waals surface area contributed by atoms with Crippen LogP contribution >= 0.6 is 0 Å². The minimum absolute atomic E-state index is 0.245. The highest BCUT2D eigenvalue weighted by Crippen LogP contribution is 2.23. The van der Waals surface area contributed by atoms with Gasteiger partial charge in [-0.05, 0) is 44.0 Å². The third kappa shape index (κ3) is 5.93. The summed E-state index contributed by atoms with van der Waals surface area (Å²) in [5, 5.41) is 4.73. The Bertz CT molecular complexity index is 830. The number of ether oxygens (including phenoxy) is 3. The molecule has 7 nitrogen and oxygen atoms in total. The van der Waals surface area contributed by atoms with E-state index in [1.807, 2.05) is 63.2 Å². The first kappa shape index (κ1) is 23.6. The summed E-state index contributed by atoms with van der Waals surface area (Å²) in [6, 6.07) is 12.9. The normalized spacial score (nSPS) is 13.1. The van der Waals surface area contributed by atoms with Crippen molar-refractivity contribution < 1.29 is 23.8 Å².